The number of alkyl halides is 3. The van der Waals surface area contributed by atoms with Crippen LogP contribution in [0.2, 0.25) is 0 Å². The van der Waals surface area contributed by atoms with E-state index < -0.39 is 35.2 Å². The molecule has 19 heavy (non-hydrogen) atoms. The van der Waals surface area contributed by atoms with Gasteiger partial charge in [0.25, 0.3) is 0 Å². The summed E-state index contributed by atoms with van der Waals surface area (Å²) in [4.78, 5) is 23.8. The standard InChI is InChI=1S/C12H16F3NO3/c1-9(2,3)19-8(18)16-5-10(7-17)4-11(10,6-16)12(13,14)15/h7H,4-6H2,1-3H3/t10-,11-/m0/s1. The van der Waals surface area contributed by atoms with Gasteiger partial charge in [0.2, 0.25) is 0 Å². The number of ether oxygens (including phenoxy) is 1. The van der Waals surface area contributed by atoms with Crippen LogP contribution in [-0.2, 0) is 9.53 Å². The second kappa shape index (κ2) is 3.64. The highest BCUT2D eigenvalue weighted by Gasteiger charge is 2.84. The van der Waals surface area contributed by atoms with E-state index in [2.05, 4.69) is 0 Å². The van der Waals surface area contributed by atoms with Gasteiger partial charge in [-0.3, -0.25) is 0 Å². The zero-order valence-electron chi connectivity index (χ0n) is 11.0. The molecule has 7 heteroatoms. The molecule has 108 valence electrons. The van der Waals surface area contributed by atoms with E-state index in [1.54, 1.807) is 20.8 Å². The van der Waals surface area contributed by atoms with Crippen molar-refractivity contribution in [1.82, 2.24) is 4.90 Å². The highest BCUT2D eigenvalue weighted by atomic mass is 19.4. The van der Waals surface area contributed by atoms with Crippen LogP contribution in [0.25, 0.3) is 0 Å². The first kappa shape index (κ1) is 14.1. The van der Waals surface area contributed by atoms with Gasteiger partial charge in [-0.15, -0.1) is 0 Å². The van der Waals surface area contributed by atoms with Crippen LogP contribution < -0.4 is 0 Å². The monoisotopic (exact) mass is 279 g/mol. The average molecular weight is 279 g/mol. The summed E-state index contributed by atoms with van der Waals surface area (Å²) in [7, 11) is 0. The Morgan fingerprint density at radius 1 is 1.26 bits per heavy atom. The summed E-state index contributed by atoms with van der Waals surface area (Å²) in [5, 5.41) is 0. The minimum Gasteiger partial charge on any atom is -0.444 e. The molecule has 1 aliphatic carbocycles. The van der Waals surface area contributed by atoms with Gasteiger partial charge in [-0.1, -0.05) is 0 Å². The molecule has 2 rings (SSSR count). The Morgan fingerprint density at radius 2 is 1.84 bits per heavy atom. The van der Waals surface area contributed by atoms with E-state index in [0.717, 1.165) is 4.90 Å². The second-order valence-corrected chi connectivity index (χ2v) is 6.37. The molecule has 2 fully saturated rings. The molecule has 0 aromatic carbocycles. The van der Waals surface area contributed by atoms with Gasteiger partial charge >= 0.3 is 12.3 Å². The number of carbonyl (C=O) groups excluding carboxylic acids is 2. The number of piperidine rings is 1. The first-order valence-electron chi connectivity index (χ1n) is 5.97. The van der Waals surface area contributed by atoms with E-state index in [0.29, 0.717) is 6.29 Å². The number of carbonyl (C=O) groups is 2. The van der Waals surface area contributed by atoms with Crippen LogP contribution in [0.15, 0.2) is 0 Å². The molecule has 1 aliphatic heterocycles. The van der Waals surface area contributed by atoms with Gasteiger partial charge in [0.15, 0.2) is 0 Å². The van der Waals surface area contributed by atoms with Gasteiger partial charge in [-0.25, -0.2) is 4.79 Å². The Hall–Kier alpha value is -1.27. The van der Waals surface area contributed by atoms with Crippen molar-refractivity contribution in [2.75, 3.05) is 13.1 Å². The fraction of sp³-hybridized carbons (Fsp3) is 0.833. The summed E-state index contributed by atoms with van der Waals surface area (Å²) in [6.45, 7) is 4.19. The summed E-state index contributed by atoms with van der Waals surface area (Å²) in [5.74, 6) is 0. The van der Waals surface area contributed by atoms with Gasteiger partial charge in [0, 0.05) is 13.1 Å². The SMILES string of the molecule is CC(C)(C)OC(=O)N1C[C@]2(C=O)C[C@]2(C(F)(F)F)C1. The van der Waals surface area contributed by atoms with E-state index in [9.17, 15) is 22.8 Å². The summed E-state index contributed by atoms with van der Waals surface area (Å²) >= 11 is 0. The summed E-state index contributed by atoms with van der Waals surface area (Å²) in [6.07, 6.45) is -5.17. The number of rotatable bonds is 1. The van der Waals surface area contributed by atoms with Crippen molar-refractivity contribution in [1.29, 1.82) is 0 Å². The highest BCUT2D eigenvalue weighted by molar-refractivity contribution is 5.75. The largest absolute Gasteiger partial charge is 0.444 e. The van der Waals surface area contributed by atoms with Gasteiger partial charge in [0.05, 0.1) is 10.8 Å². The molecule has 0 N–H and O–H groups in total. The van der Waals surface area contributed by atoms with Crippen LogP contribution in [0.4, 0.5) is 18.0 Å². The van der Waals surface area contributed by atoms with Crippen LogP contribution in [0.5, 0.6) is 0 Å². The van der Waals surface area contributed by atoms with Crippen molar-refractivity contribution in [3.8, 4) is 0 Å². The van der Waals surface area contributed by atoms with Crippen molar-refractivity contribution >= 4 is 12.4 Å². The topological polar surface area (TPSA) is 46.6 Å². The van der Waals surface area contributed by atoms with E-state index in [1.807, 2.05) is 0 Å². The fourth-order valence-electron chi connectivity index (χ4n) is 2.76. The predicted molar refractivity (Wildman–Crippen MR) is 59.4 cm³/mol. The number of hydrogen-bond donors (Lipinski definition) is 0. The molecule has 0 aromatic heterocycles. The molecule has 0 bridgehead atoms. The highest BCUT2D eigenvalue weighted by Crippen LogP contribution is 2.73. The number of nitrogens with zero attached hydrogens (tertiary/aromatic N) is 1. The third-order valence-electron chi connectivity index (χ3n) is 3.80. The zero-order chi connectivity index (χ0) is 14.7. The molecular weight excluding hydrogens is 263 g/mol. The first-order valence-corrected chi connectivity index (χ1v) is 5.97. The molecule has 0 aromatic rings. The van der Waals surface area contributed by atoms with Crippen LogP contribution in [0.1, 0.15) is 27.2 Å². The molecule has 2 atom stereocenters. The Balaban J connectivity index is 2.15. The minimum absolute atomic E-state index is 0.217. The predicted octanol–water partition coefficient (Wildman–Crippen LogP) is 2.37. The minimum atomic E-state index is -4.48. The Bertz CT molecular complexity index is 429. The van der Waals surface area contributed by atoms with Crippen LogP contribution in [0.3, 0.4) is 0 Å². The summed E-state index contributed by atoms with van der Waals surface area (Å²) in [6, 6.07) is 0. The fourth-order valence-corrected chi connectivity index (χ4v) is 2.76. The quantitative estimate of drug-likeness (QED) is 0.692. The molecule has 1 amide bonds. The lowest BCUT2D eigenvalue weighted by atomic mass is 9.97. The number of fused-ring (bicyclic) bond motifs is 1. The molecule has 4 nitrogen and oxygen atoms in total. The maximum absolute atomic E-state index is 13.1. The number of aldehydes is 1. The molecule has 1 saturated carbocycles. The van der Waals surface area contributed by atoms with E-state index >= 15 is 0 Å². The van der Waals surface area contributed by atoms with Gasteiger partial charge in [0.1, 0.15) is 11.9 Å². The number of likely N-dealkylation sites (tertiary alicyclic amines) is 1. The Kier molecular flexibility index (Phi) is 2.71. The summed E-state index contributed by atoms with van der Waals surface area (Å²) < 4.78 is 44.2. The summed E-state index contributed by atoms with van der Waals surface area (Å²) in [5.41, 5.74) is -4.32. The Labute approximate surface area is 108 Å². The van der Waals surface area contributed by atoms with E-state index in [1.165, 1.54) is 0 Å². The first-order chi connectivity index (χ1) is 8.46. The zero-order valence-corrected chi connectivity index (χ0v) is 11.0. The number of hydrogen-bond acceptors (Lipinski definition) is 3. The number of halogens is 3. The van der Waals surface area contributed by atoms with Crippen molar-refractivity contribution in [3.63, 3.8) is 0 Å². The van der Waals surface area contributed by atoms with E-state index in [-0.39, 0.29) is 13.0 Å². The molecule has 1 saturated heterocycles. The third kappa shape index (κ3) is 1.99. The van der Waals surface area contributed by atoms with Crippen molar-refractivity contribution in [2.24, 2.45) is 10.8 Å². The van der Waals surface area contributed by atoms with Crippen LogP contribution in [-0.4, -0.2) is 42.1 Å². The molecular formula is C12H16F3NO3. The van der Waals surface area contributed by atoms with Crippen LogP contribution in [0, 0.1) is 10.8 Å². The average Bonchev–Trinajstić information content (AvgIpc) is 2.74. The number of amides is 1. The van der Waals surface area contributed by atoms with Gasteiger partial charge < -0.3 is 14.4 Å². The van der Waals surface area contributed by atoms with Crippen molar-refractivity contribution < 1.29 is 27.5 Å². The van der Waals surface area contributed by atoms with Gasteiger partial charge in [-0.05, 0) is 27.2 Å². The van der Waals surface area contributed by atoms with E-state index in [4.69, 9.17) is 4.74 Å². The lowest BCUT2D eigenvalue weighted by Gasteiger charge is -2.26. The third-order valence-corrected chi connectivity index (χ3v) is 3.80. The lowest BCUT2D eigenvalue weighted by Crippen LogP contribution is -2.39. The van der Waals surface area contributed by atoms with Crippen LogP contribution >= 0.6 is 0 Å². The lowest BCUT2D eigenvalue weighted by molar-refractivity contribution is -0.192. The van der Waals surface area contributed by atoms with Crippen molar-refractivity contribution in [2.45, 2.75) is 39.0 Å². The normalized spacial score (nSPS) is 33.9. The molecule has 1 heterocycles. The van der Waals surface area contributed by atoms with Crippen molar-refractivity contribution in [3.05, 3.63) is 0 Å². The maximum Gasteiger partial charge on any atom is 0.410 e. The molecule has 0 radical (unpaired) electrons. The smallest absolute Gasteiger partial charge is 0.410 e. The second-order valence-electron chi connectivity index (χ2n) is 6.37. The molecule has 0 spiro atoms. The molecule has 0 unspecified atom stereocenters. The van der Waals surface area contributed by atoms with Gasteiger partial charge in [-0.2, -0.15) is 13.2 Å². The Morgan fingerprint density at radius 3 is 2.21 bits per heavy atom. The maximum atomic E-state index is 13.1. The molecule has 2 aliphatic rings.